The van der Waals surface area contributed by atoms with Gasteiger partial charge in [0.2, 0.25) is 11.8 Å². The van der Waals surface area contributed by atoms with Crippen molar-refractivity contribution < 1.29 is 14.3 Å². The number of hydrogen-bond acceptors (Lipinski definition) is 4. The van der Waals surface area contributed by atoms with Gasteiger partial charge in [-0.1, -0.05) is 34.8 Å². The molecule has 1 saturated heterocycles. The van der Waals surface area contributed by atoms with Crippen LogP contribution in [0.25, 0.3) is 0 Å². The number of rotatable bonds is 7. The number of hydrogen-bond donors (Lipinski definition) is 2. The lowest BCUT2D eigenvalue weighted by molar-refractivity contribution is -0.147. The number of nitrogens with zero attached hydrogens (tertiary/aromatic N) is 2. The molecule has 1 fully saturated rings. The molecule has 156 valence electrons. The van der Waals surface area contributed by atoms with Gasteiger partial charge in [0.15, 0.2) is 11.7 Å². The minimum atomic E-state index is -0.124. The van der Waals surface area contributed by atoms with Crippen molar-refractivity contribution in [2.45, 2.75) is 19.3 Å². The number of ether oxygens (including phenoxy) is 1. The molecule has 0 aliphatic carbocycles. The number of likely N-dealkylation sites (tertiary alicyclic amines) is 1. The Balaban J connectivity index is 0.00000392. The lowest BCUT2D eigenvalue weighted by Gasteiger charge is -2.25. The number of amides is 2. The quantitative estimate of drug-likeness (QED) is 0.175. The molecule has 0 spiro atoms. The summed E-state index contributed by atoms with van der Waals surface area (Å²) in [5, 5.41) is 7.23. The molecule has 1 aromatic rings. The first-order valence-electron chi connectivity index (χ1n) is 8.47. The van der Waals surface area contributed by atoms with Gasteiger partial charge in [0.25, 0.3) is 0 Å². The third-order valence-electron chi connectivity index (χ3n) is 3.84. The highest BCUT2D eigenvalue weighted by atomic mass is 127. The van der Waals surface area contributed by atoms with E-state index in [1.807, 2.05) is 0 Å². The van der Waals surface area contributed by atoms with Crippen LogP contribution in [0.4, 0.5) is 0 Å². The minimum Gasteiger partial charge on any atom is -0.489 e. The van der Waals surface area contributed by atoms with Gasteiger partial charge in [0.1, 0.15) is 6.61 Å². The zero-order valence-corrected chi connectivity index (χ0v) is 19.9. The smallest absolute Gasteiger partial charge is 0.229 e. The Morgan fingerprint density at radius 1 is 1.11 bits per heavy atom. The minimum absolute atomic E-state index is 0. The first-order chi connectivity index (χ1) is 12.9. The number of aliphatic imine (C=N–C) groups is 1. The molecule has 11 heteroatoms. The van der Waals surface area contributed by atoms with Gasteiger partial charge in [-0.25, -0.2) is 0 Å². The molecular weight excluding hydrogens is 541 g/mol. The van der Waals surface area contributed by atoms with E-state index in [-0.39, 0.29) is 35.8 Å². The normalized spacial score (nSPS) is 14.6. The number of guanidine groups is 1. The topological polar surface area (TPSA) is 83.0 Å². The second kappa shape index (κ2) is 12.6. The van der Waals surface area contributed by atoms with Gasteiger partial charge in [-0.15, -0.1) is 24.0 Å². The van der Waals surface area contributed by atoms with E-state index in [1.54, 1.807) is 19.2 Å². The number of imide groups is 1. The average molecular weight is 564 g/mol. The number of halogens is 4. The second-order valence-electron chi connectivity index (χ2n) is 5.77. The van der Waals surface area contributed by atoms with E-state index in [0.29, 0.717) is 72.3 Å². The Morgan fingerprint density at radius 3 is 2.25 bits per heavy atom. The summed E-state index contributed by atoms with van der Waals surface area (Å²) in [5.74, 6) is 0.653. The Labute approximate surface area is 196 Å². The molecule has 7 nitrogen and oxygen atoms in total. The molecule has 1 aliphatic heterocycles. The van der Waals surface area contributed by atoms with Crippen LogP contribution < -0.4 is 15.4 Å². The van der Waals surface area contributed by atoms with Gasteiger partial charge >= 0.3 is 0 Å². The van der Waals surface area contributed by atoms with Crippen LogP contribution in [-0.4, -0.2) is 56.0 Å². The highest BCUT2D eigenvalue weighted by Gasteiger charge is 2.25. The molecule has 28 heavy (non-hydrogen) atoms. The van der Waals surface area contributed by atoms with E-state index in [1.165, 1.54) is 4.90 Å². The maximum absolute atomic E-state index is 11.8. The molecule has 1 aliphatic rings. The van der Waals surface area contributed by atoms with Gasteiger partial charge < -0.3 is 15.4 Å². The number of carbonyl (C=O) groups is 2. The van der Waals surface area contributed by atoms with Crippen molar-refractivity contribution in [3.63, 3.8) is 0 Å². The summed E-state index contributed by atoms with van der Waals surface area (Å²) in [5.41, 5.74) is 0. The summed E-state index contributed by atoms with van der Waals surface area (Å²) in [6.45, 7) is 1.46. The standard InChI is InChI=1S/C17H21Cl3N4O3.HI/c1-21-17(22-5-7-24-14(25)3-2-4-15(24)26)23-6-8-27-16-12(19)9-11(18)10-13(16)20;/h9-10H,2-8H2,1H3,(H2,21,22,23);1H. The lowest BCUT2D eigenvalue weighted by atomic mass is 10.1. The summed E-state index contributed by atoms with van der Waals surface area (Å²) in [6, 6.07) is 3.11. The molecule has 0 aromatic heterocycles. The van der Waals surface area contributed by atoms with E-state index >= 15 is 0 Å². The zero-order valence-electron chi connectivity index (χ0n) is 15.3. The highest BCUT2D eigenvalue weighted by Crippen LogP contribution is 2.35. The van der Waals surface area contributed by atoms with E-state index in [9.17, 15) is 9.59 Å². The maximum atomic E-state index is 11.8. The van der Waals surface area contributed by atoms with Crippen molar-refractivity contribution in [3.8, 4) is 5.75 Å². The van der Waals surface area contributed by atoms with Crippen molar-refractivity contribution in [1.82, 2.24) is 15.5 Å². The summed E-state index contributed by atoms with van der Waals surface area (Å²) in [6.07, 6.45) is 1.48. The van der Waals surface area contributed by atoms with Gasteiger partial charge in [0.05, 0.1) is 16.6 Å². The van der Waals surface area contributed by atoms with Crippen molar-refractivity contribution in [3.05, 3.63) is 27.2 Å². The third kappa shape index (κ3) is 7.46. The summed E-state index contributed by atoms with van der Waals surface area (Å²) in [7, 11) is 1.63. The molecule has 0 bridgehead atoms. The van der Waals surface area contributed by atoms with Crippen molar-refractivity contribution in [2.75, 3.05) is 33.3 Å². The average Bonchev–Trinajstić information content (AvgIpc) is 2.60. The predicted octanol–water partition coefficient (Wildman–Crippen LogP) is 3.35. The third-order valence-corrected chi connectivity index (χ3v) is 4.62. The van der Waals surface area contributed by atoms with Crippen LogP contribution in [0.1, 0.15) is 19.3 Å². The van der Waals surface area contributed by atoms with Crippen LogP contribution >= 0.6 is 58.8 Å². The molecule has 1 aromatic carbocycles. The number of carbonyl (C=O) groups excluding carboxylic acids is 2. The SMILES string of the molecule is CN=C(NCCOc1c(Cl)cc(Cl)cc1Cl)NCCN1C(=O)CCCC1=O.I. The molecule has 0 saturated carbocycles. The molecule has 2 amide bonds. The fourth-order valence-corrected chi connectivity index (χ4v) is 3.47. The summed E-state index contributed by atoms with van der Waals surface area (Å²) >= 11 is 18.0. The summed E-state index contributed by atoms with van der Waals surface area (Å²) < 4.78 is 5.58. The molecule has 1 heterocycles. The number of nitrogens with one attached hydrogen (secondary N) is 2. The van der Waals surface area contributed by atoms with Crippen LogP contribution in [0.5, 0.6) is 5.75 Å². The van der Waals surface area contributed by atoms with Crippen molar-refractivity contribution >= 4 is 76.6 Å². The van der Waals surface area contributed by atoms with Crippen LogP contribution in [0.3, 0.4) is 0 Å². The predicted molar refractivity (Wildman–Crippen MR) is 122 cm³/mol. The van der Waals surface area contributed by atoms with Gasteiger partial charge in [-0.2, -0.15) is 0 Å². The number of piperidine rings is 1. The second-order valence-corrected chi connectivity index (χ2v) is 7.02. The highest BCUT2D eigenvalue weighted by molar-refractivity contribution is 14.0. The van der Waals surface area contributed by atoms with Crippen LogP contribution in [0.2, 0.25) is 15.1 Å². The fraction of sp³-hybridized carbons (Fsp3) is 0.471. The van der Waals surface area contributed by atoms with Crippen molar-refractivity contribution in [1.29, 1.82) is 0 Å². The Morgan fingerprint density at radius 2 is 1.68 bits per heavy atom. The van der Waals surface area contributed by atoms with E-state index in [4.69, 9.17) is 39.5 Å². The summed E-state index contributed by atoms with van der Waals surface area (Å²) in [4.78, 5) is 28.9. The van der Waals surface area contributed by atoms with Crippen molar-refractivity contribution in [2.24, 2.45) is 4.99 Å². The molecular formula is C17H22Cl3IN4O3. The first kappa shape index (κ1) is 25.1. The number of benzene rings is 1. The molecule has 0 unspecified atom stereocenters. The Bertz CT molecular complexity index is 695. The van der Waals surface area contributed by atoms with Gasteiger partial charge in [-0.3, -0.25) is 19.5 Å². The molecule has 2 N–H and O–H groups in total. The molecule has 0 atom stereocenters. The fourth-order valence-electron chi connectivity index (χ4n) is 2.55. The lowest BCUT2D eigenvalue weighted by Crippen LogP contribution is -2.47. The van der Waals surface area contributed by atoms with Gasteiger partial charge in [0, 0.05) is 38.0 Å². The Kier molecular flexibility index (Phi) is 11.2. The molecule has 2 rings (SSSR count). The van der Waals surface area contributed by atoms with E-state index < -0.39 is 0 Å². The van der Waals surface area contributed by atoms with Crippen LogP contribution in [0, 0.1) is 0 Å². The largest absolute Gasteiger partial charge is 0.489 e. The van der Waals surface area contributed by atoms with Crippen LogP contribution in [-0.2, 0) is 9.59 Å². The van der Waals surface area contributed by atoms with Gasteiger partial charge in [-0.05, 0) is 18.6 Å². The molecule has 0 radical (unpaired) electrons. The maximum Gasteiger partial charge on any atom is 0.229 e. The first-order valence-corrected chi connectivity index (χ1v) is 9.61. The zero-order chi connectivity index (χ0) is 19.8. The monoisotopic (exact) mass is 562 g/mol. The van der Waals surface area contributed by atoms with E-state index in [0.717, 1.165) is 0 Å². The Hall–Kier alpha value is -0.970. The van der Waals surface area contributed by atoms with E-state index in [2.05, 4.69) is 15.6 Å². The van der Waals surface area contributed by atoms with Crippen LogP contribution in [0.15, 0.2) is 17.1 Å².